The van der Waals surface area contributed by atoms with Crippen LogP contribution >= 0.6 is 23.2 Å². The molecule has 0 atom stereocenters. The average molecular weight is 643 g/mol. The molecule has 1 fully saturated rings. The lowest BCUT2D eigenvalue weighted by Gasteiger charge is -2.44. The van der Waals surface area contributed by atoms with Crippen LogP contribution in [0.25, 0.3) is 16.9 Å². The Morgan fingerprint density at radius 2 is 1.91 bits per heavy atom. The molecule has 1 aliphatic heterocycles. The quantitative estimate of drug-likeness (QED) is 0.129. The molecule has 0 bridgehead atoms. The maximum Gasteiger partial charge on any atom is 0.322 e. The highest BCUT2D eigenvalue weighted by atomic mass is 35.5. The molecule has 0 aliphatic carbocycles. The van der Waals surface area contributed by atoms with E-state index >= 15 is 4.39 Å². The normalized spacial score (nSPS) is 14.8. The Kier molecular flexibility index (Phi) is 9.62. The Hall–Kier alpha value is -4.07. The number of hydrogen-bond acceptors (Lipinski definition) is 5. The first-order valence-electron chi connectivity index (χ1n) is 13.8. The van der Waals surface area contributed by atoms with Gasteiger partial charge in [-0.15, -0.1) is 6.42 Å². The Balaban J connectivity index is 2.02. The molecular weight excluding hydrogens is 611 g/mol. The smallest absolute Gasteiger partial charge is 0.322 e. The number of terminal acetylenes is 1. The number of pyridine rings is 2. The SMILES string of the molecule is C#C/C=C\C=C(\Cl)Cc1nc2c(cc1Cl)n(CC1(F)CN(C(=O)C(=C)F)C1)c(=O)c(=O)n2-c1c(C(C)C)ccnc1C(C)C. The molecule has 0 radical (unpaired) electrons. The summed E-state index contributed by atoms with van der Waals surface area (Å²) in [5.74, 6) is -0.111. The Bertz CT molecular complexity index is 1850. The minimum atomic E-state index is -2.12. The van der Waals surface area contributed by atoms with Gasteiger partial charge in [0.25, 0.3) is 5.91 Å². The minimum absolute atomic E-state index is 0.0439. The fraction of sp³-hybridized carbons (Fsp3) is 0.344. The number of hydrogen-bond donors (Lipinski definition) is 0. The summed E-state index contributed by atoms with van der Waals surface area (Å²) in [6.07, 6.45) is 11.6. The fourth-order valence-electron chi connectivity index (χ4n) is 5.16. The standard InChI is InChI=1S/C32H31Cl2F2N5O3/c1-7-8-9-10-21(33)13-24-23(34)14-25-28(38-24)41(27-22(18(2)3)11-12-37-26(27)19(4)5)31(44)30(43)40(25)17-32(36)15-39(16-32)29(42)20(6)35/h1,8-12,14,18-19H,6,13,15-17H2,2-5H3/b9-8-,21-10+. The van der Waals surface area contributed by atoms with Crippen molar-refractivity contribution in [3.8, 4) is 18.0 Å². The molecule has 3 aromatic heterocycles. The van der Waals surface area contributed by atoms with Crippen LogP contribution in [0.2, 0.25) is 5.02 Å². The van der Waals surface area contributed by atoms with Gasteiger partial charge in [-0.25, -0.2) is 13.8 Å². The number of carbonyl (C=O) groups is 1. The molecule has 4 rings (SSSR count). The number of halogens is 4. The van der Waals surface area contributed by atoms with Gasteiger partial charge in [0.2, 0.25) is 0 Å². The van der Waals surface area contributed by atoms with Crippen LogP contribution in [0.4, 0.5) is 8.78 Å². The van der Waals surface area contributed by atoms with E-state index in [-0.39, 0.29) is 34.4 Å². The van der Waals surface area contributed by atoms with Crippen molar-refractivity contribution in [2.75, 3.05) is 13.1 Å². The maximum atomic E-state index is 15.8. The van der Waals surface area contributed by atoms with E-state index < -0.39 is 48.2 Å². The lowest BCUT2D eigenvalue weighted by molar-refractivity contribution is -0.143. The second-order valence-corrected chi connectivity index (χ2v) is 12.2. The molecule has 0 aromatic carbocycles. The molecule has 1 saturated heterocycles. The van der Waals surface area contributed by atoms with Gasteiger partial charge in [0, 0.05) is 17.6 Å². The maximum absolute atomic E-state index is 15.8. The first kappa shape index (κ1) is 32.8. The van der Waals surface area contributed by atoms with Gasteiger partial charge in [-0.3, -0.25) is 28.5 Å². The number of rotatable bonds is 9. The van der Waals surface area contributed by atoms with Crippen molar-refractivity contribution in [2.24, 2.45) is 0 Å². The van der Waals surface area contributed by atoms with E-state index in [0.29, 0.717) is 22.1 Å². The van der Waals surface area contributed by atoms with Crippen LogP contribution in [0.1, 0.15) is 56.5 Å². The second-order valence-electron chi connectivity index (χ2n) is 11.3. The number of alkyl halides is 1. The van der Waals surface area contributed by atoms with E-state index in [4.69, 9.17) is 34.6 Å². The van der Waals surface area contributed by atoms with E-state index in [9.17, 15) is 18.8 Å². The monoisotopic (exact) mass is 641 g/mol. The van der Waals surface area contributed by atoms with Crippen molar-refractivity contribution in [3.63, 3.8) is 0 Å². The van der Waals surface area contributed by atoms with Crippen LogP contribution in [0.3, 0.4) is 0 Å². The van der Waals surface area contributed by atoms with Gasteiger partial charge in [0.05, 0.1) is 47.2 Å². The Morgan fingerprint density at radius 3 is 2.50 bits per heavy atom. The van der Waals surface area contributed by atoms with Crippen LogP contribution in [0.5, 0.6) is 0 Å². The third-order valence-corrected chi connectivity index (χ3v) is 7.82. The van der Waals surface area contributed by atoms with Gasteiger partial charge in [-0.05, 0) is 41.7 Å². The largest absolute Gasteiger partial charge is 0.330 e. The summed E-state index contributed by atoms with van der Waals surface area (Å²) in [5.41, 5.74) is -1.97. The van der Waals surface area contributed by atoms with Crippen molar-refractivity contribution in [1.29, 1.82) is 0 Å². The molecule has 1 aliphatic rings. The summed E-state index contributed by atoms with van der Waals surface area (Å²) in [4.78, 5) is 49.9. The summed E-state index contributed by atoms with van der Waals surface area (Å²) >= 11 is 13.1. The predicted octanol–water partition coefficient (Wildman–Crippen LogP) is 5.73. The molecule has 8 nitrogen and oxygen atoms in total. The van der Waals surface area contributed by atoms with Crippen molar-refractivity contribution < 1.29 is 13.6 Å². The fourth-order valence-corrected chi connectivity index (χ4v) is 5.57. The van der Waals surface area contributed by atoms with E-state index in [1.54, 1.807) is 24.4 Å². The molecule has 12 heteroatoms. The molecule has 3 aromatic rings. The highest BCUT2D eigenvalue weighted by Gasteiger charge is 2.47. The van der Waals surface area contributed by atoms with Gasteiger partial charge in [-0.1, -0.05) is 69.5 Å². The Morgan fingerprint density at radius 1 is 1.23 bits per heavy atom. The summed E-state index contributed by atoms with van der Waals surface area (Å²) in [7, 11) is 0. The van der Waals surface area contributed by atoms with Crippen LogP contribution in [-0.4, -0.2) is 48.7 Å². The van der Waals surface area contributed by atoms with Gasteiger partial charge in [0.15, 0.2) is 17.1 Å². The summed E-state index contributed by atoms with van der Waals surface area (Å²) in [6.45, 7) is 9.10. The highest BCUT2D eigenvalue weighted by molar-refractivity contribution is 6.32. The van der Waals surface area contributed by atoms with E-state index in [1.165, 1.54) is 16.7 Å². The number of aromatic nitrogens is 4. The zero-order valence-corrected chi connectivity index (χ0v) is 26.2. The topological polar surface area (TPSA) is 90.1 Å². The van der Waals surface area contributed by atoms with Crippen LogP contribution in [0, 0.1) is 12.3 Å². The van der Waals surface area contributed by atoms with E-state index in [0.717, 1.165) is 15.0 Å². The lowest BCUT2D eigenvalue weighted by Crippen LogP contribution is -2.63. The van der Waals surface area contributed by atoms with Crippen molar-refractivity contribution in [2.45, 2.75) is 58.2 Å². The van der Waals surface area contributed by atoms with Crippen molar-refractivity contribution in [1.82, 2.24) is 24.0 Å². The molecular formula is C32H31Cl2F2N5O3. The predicted molar refractivity (Wildman–Crippen MR) is 169 cm³/mol. The van der Waals surface area contributed by atoms with Crippen molar-refractivity contribution >= 4 is 40.3 Å². The molecule has 0 unspecified atom stereocenters. The molecule has 230 valence electrons. The Labute approximate surface area is 263 Å². The summed E-state index contributed by atoms with van der Waals surface area (Å²) in [5, 5.41) is 0.464. The third-order valence-electron chi connectivity index (χ3n) is 7.23. The number of nitrogens with zero attached hydrogens (tertiary/aromatic N) is 5. The lowest BCUT2D eigenvalue weighted by atomic mass is 9.95. The molecule has 0 N–H and O–H groups in total. The molecule has 1 amide bonds. The van der Waals surface area contributed by atoms with Crippen LogP contribution < -0.4 is 11.1 Å². The molecule has 4 heterocycles. The zero-order chi connectivity index (χ0) is 32.5. The highest BCUT2D eigenvalue weighted by Crippen LogP contribution is 2.33. The molecule has 44 heavy (non-hydrogen) atoms. The number of amides is 1. The van der Waals surface area contributed by atoms with Gasteiger partial charge < -0.3 is 4.90 Å². The summed E-state index contributed by atoms with van der Waals surface area (Å²) < 4.78 is 31.4. The number of likely N-dealkylation sites (tertiary alicyclic amines) is 1. The van der Waals surface area contributed by atoms with E-state index in [2.05, 4.69) is 17.5 Å². The first-order valence-corrected chi connectivity index (χ1v) is 14.6. The van der Waals surface area contributed by atoms with E-state index in [1.807, 2.05) is 27.7 Å². The zero-order valence-electron chi connectivity index (χ0n) is 24.7. The third kappa shape index (κ3) is 6.40. The minimum Gasteiger partial charge on any atom is -0.330 e. The number of carbonyl (C=O) groups excluding carboxylic acids is 1. The van der Waals surface area contributed by atoms with Gasteiger partial charge in [-0.2, -0.15) is 0 Å². The number of fused-ring (bicyclic) bond motifs is 1. The van der Waals surface area contributed by atoms with Crippen LogP contribution in [0.15, 0.2) is 63.6 Å². The summed E-state index contributed by atoms with van der Waals surface area (Å²) in [6, 6.07) is 3.21. The van der Waals surface area contributed by atoms with Crippen LogP contribution in [-0.2, 0) is 17.8 Å². The molecule has 0 spiro atoms. The second kappa shape index (κ2) is 12.9. The van der Waals surface area contributed by atoms with Crippen molar-refractivity contribution in [3.05, 3.63) is 96.7 Å². The average Bonchev–Trinajstić information content (AvgIpc) is 2.94. The van der Waals surface area contributed by atoms with Gasteiger partial charge in [0.1, 0.15) is 0 Å². The number of allylic oxidation sites excluding steroid dienone is 4. The first-order chi connectivity index (χ1) is 20.7. The van der Waals surface area contributed by atoms with Gasteiger partial charge >= 0.3 is 11.1 Å². The molecule has 0 saturated carbocycles.